The zero-order valence-corrected chi connectivity index (χ0v) is 21.0. The first-order valence-electron chi connectivity index (χ1n) is 12.3. The van der Waals surface area contributed by atoms with E-state index in [1.165, 1.54) is 10.7 Å². The highest BCUT2D eigenvalue weighted by Crippen LogP contribution is 2.24. The Balaban J connectivity index is 1.17. The van der Waals surface area contributed by atoms with Crippen LogP contribution in [0.5, 0.6) is 0 Å². The van der Waals surface area contributed by atoms with Gasteiger partial charge in [-0.05, 0) is 43.2 Å². The van der Waals surface area contributed by atoms with Crippen LogP contribution < -0.4 is 15.8 Å². The summed E-state index contributed by atoms with van der Waals surface area (Å²) in [5.74, 6) is 0.568. The molecule has 5 rings (SSSR count). The highest BCUT2D eigenvalue weighted by molar-refractivity contribution is 6.30. The van der Waals surface area contributed by atoms with Crippen LogP contribution in [0.15, 0.2) is 83.7 Å². The van der Waals surface area contributed by atoms with Gasteiger partial charge in [0, 0.05) is 41.9 Å². The summed E-state index contributed by atoms with van der Waals surface area (Å²) < 4.78 is 1.40. The molecule has 0 spiro atoms. The monoisotopic (exact) mass is 514 g/mol. The number of hydrogen-bond donors (Lipinski definition) is 1. The first kappa shape index (κ1) is 24.6. The van der Waals surface area contributed by atoms with Crippen molar-refractivity contribution in [1.29, 1.82) is 0 Å². The molecule has 1 fully saturated rings. The summed E-state index contributed by atoms with van der Waals surface area (Å²) in [6, 6.07) is 24.3. The fourth-order valence-corrected chi connectivity index (χ4v) is 4.60. The summed E-state index contributed by atoms with van der Waals surface area (Å²) >= 11 is 5.97. The number of aromatic nitrogens is 4. The van der Waals surface area contributed by atoms with Gasteiger partial charge >= 0.3 is 0 Å². The van der Waals surface area contributed by atoms with Gasteiger partial charge in [0.15, 0.2) is 5.82 Å². The zero-order valence-electron chi connectivity index (χ0n) is 20.3. The predicted molar refractivity (Wildman–Crippen MR) is 144 cm³/mol. The first-order valence-corrected chi connectivity index (χ1v) is 12.7. The maximum Gasteiger partial charge on any atom is 0.266 e. The van der Waals surface area contributed by atoms with Crippen LogP contribution in [-0.4, -0.2) is 45.5 Å². The Morgan fingerprint density at radius 1 is 0.919 bits per heavy atom. The summed E-state index contributed by atoms with van der Waals surface area (Å²) in [7, 11) is 0. The second-order valence-electron chi connectivity index (χ2n) is 9.01. The van der Waals surface area contributed by atoms with E-state index in [2.05, 4.69) is 25.5 Å². The van der Waals surface area contributed by atoms with Gasteiger partial charge in [0.1, 0.15) is 0 Å². The Hall–Kier alpha value is -4.04. The molecule has 37 heavy (non-hydrogen) atoms. The van der Waals surface area contributed by atoms with Gasteiger partial charge in [-0.3, -0.25) is 9.59 Å². The minimum atomic E-state index is -0.196. The van der Waals surface area contributed by atoms with Crippen molar-refractivity contribution in [3.05, 3.63) is 94.2 Å². The van der Waals surface area contributed by atoms with Crippen molar-refractivity contribution in [2.75, 3.05) is 24.5 Å². The van der Waals surface area contributed by atoms with E-state index in [-0.39, 0.29) is 17.4 Å². The van der Waals surface area contributed by atoms with Crippen LogP contribution in [0.1, 0.15) is 12.8 Å². The maximum absolute atomic E-state index is 12.9. The average Bonchev–Trinajstić information content (AvgIpc) is 2.95. The number of anilines is 1. The molecule has 1 amide bonds. The Labute approximate surface area is 219 Å². The maximum atomic E-state index is 12.9. The van der Waals surface area contributed by atoms with Crippen molar-refractivity contribution in [2.45, 2.75) is 19.4 Å². The van der Waals surface area contributed by atoms with Gasteiger partial charge in [-0.2, -0.15) is 5.10 Å². The van der Waals surface area contributed by atoms with Gasteiger partial charge in [0.25, 0.3) is 5.56 Å². The van der Waals surface area contributed by atoms with E-state index >= 15 is 0 Å². The zero-order chi connectivity index (χ0) is 25.6. The summed E-state index contributed by atoms with van der Waals surface area (Å²) in [6.45, 7) is 2.03. The van der Waals surface area contributed by atoms with Crippen LogP contribution in [0.3, 0.4) is 0 Å². The average molecular weight is 515 g/mol. The SMILES string of the molecule is O=C(NCCn1nc(-c2ccccc2)ccc1=O)C1CCCN(c2ccc(-c3ccc(Cl)cc3)nn2)C1. The molecule has 188 valence electrons. The van der Waals surface area contributed by atoms with Crippen molar-refractivity contribution in [2.24, 2.45) is 5.92 Å². The minimum absolute atomic E-state index is 0.0253. The highest BCUT2D eigenvalue weighted by Gasteiger charge is 2.26. The van der Waals surface area contributed by atoms with Crippen LogP contribution in [-0.2, 0) is 11.3 Å². The number of rotatable bonds is 7. The van der Waals surface area contributed by atoms with Crippen LogP contribution in [0.2, 0.25) is 5.02 Å². The van der Waals surface area contributed by atoms with Crippen molar-refractivity contribution in [3.63, 3.8) is 0 Å². The number of benzene rings is 2. The Bertz CT molecular complexity index is 1410. The lowest BCUT2D eigenvalue weighted by Gasteiger charge is -2.32. The van der Waals surface area contributed by atoms with E-state index in [4.69, 9.17) is 11.6 Å². The third kappa shape index (κ3) is 6.03. The Morgan fingerprint density at radius 2 is 1.68 bits per heavy atom. The van der Waals surface area contributed by atoms with Gasteiger partial charge < -0.3 is 10.2 Å². The molecule has 2 aromatic heterocycles. The molecule has 0 bridgehead atoms. The fraction of sp³-hybridized carbons (Fsp3) is 0.250. The summed E-state index contributed by atoms with van der Waals surface area (Å²) in [6.07, 6.45) is 1.69. The lowest BCUT2D eigenvalue weighted by atomic mass is 9.97. The van der Waals surface area contributed by atoms with Crippen LogP contribution >= 0.6 is 11.6 Å². The molecule has 0 aliphatic carbocycles. The summed E-state index contributed by atoms with van der Waals surface area (Å²) in [4.78, 5) is 27.3. The number of amides is 1. The summed E-state index contributed by atoms with van der Waals surface area (Å²) in [5.41, 5.74) is 3.18. The fourth-order valence-electron chi connectivity index (χ4n) is 4.47. The molecule has 2 aromatic carbocycles. The molecular weight excluding hydrogens is 488 g/mol. The number of hydrogen-bond acceptors (Lipinski definition) is 6. The molecule has 0 saturated carbocycles. The Morgan fingerprint density at radius 3 is 2.43 bits per heavy atom. The largest absolute Gasteiger partial charge is 0.354 e. The first-order chi connectivity index (χ1) is 18.1. The summed E-state index contributed by atoms with van der Waals surface area (Å²) in [5, 5.41) is 16.9. The molecule has 1 aliphatic rings. The Kier molecular flexibility index (Phi) is 7.56. The molecule has 1 atom stereocenters. The van der Waals surface area contributed by atoms with E-state index in [9.17, 15) is 9.59 Å². The number of nitrogens with one attached hydrogen (secondary N) is 1. The molecule has 9 heteroatoms. The normalized spacial score (nSPS) is 15.4. The lowest BCUT2D eigenvalue weighted by Crippen LogP contribution is -2.44. The molecule has 8 nitrogen and oxygen atoms in total. The number of piperidine rings is 1. The van der Waals surface area contributed by atoms with E-state index in [1.807, 2.05) is 66.7 Å². The number of halogens is 1. The second kappa shape index (κ2) is 11.3. The number of carbonyl (C=O) groups is 1. The van der Waals surface area contributed by atoms with Gasteiger partial charge in [-0.1, -0.05) is 54.1 Å². The van der Waals surface area contributed by atoms with Crippen molar-refractivity contribution >= 4 is 23.3 Å². The number of nitrogens with zero attached hydrogens (tertiary/aromatic N) is 5. The van der Waals surface area contributed by atoms with Gasteiger partial charge in [0.05, 0.1) is 23.9 Å². The molecule has 3 heterocycles. The van der Waals surface area contributed by atoms with Gasteiger partial charge in [-0.25, -0.2) is 4.68 Å². The van der Waals surface area contributed by atoms with E-state index < -0.39 is 0 Å². The van der Waals surface area contributed by atoms with Crippen LogP contribution in [0, 0.1) is 5.92 Å². The quantitative estimate of drug-likeness (QED) is 0.400. The smallest absolute Gasteiger partial charge is 0.266 e. The second-order valence-corrected chi connectivity index (χ2v) is 9.44. The van der Waals surface area contributed by atoms with Crippen LogP contribution in [0.4, 0.5) is 5.82 Å². The van der Waals surface area contributed by atoms with Crippen molar-refractivity contribution in [1.82, 2.24) is 25.3 Å². The van der Waals surface area contributed by atoms with Gasteiger partial charge in [-0.15, -0.1) is 10.2 Å². The highest BCUT2D eigenvalue weighted by atomic mass is 35.5. The molecule has 0 radical (unpaired) electrons. The van der Waals surface area contributed by atoms with E-state index in [0.717, 1.165) is 47.7 Å². The molecular formula is C28H27ClN6O2. The molecule has 1 unspecified atom stereocenters. The lowest BCUT2D eigenvalue weighted by molar-refractivity contribution is -0.125. The predicted octanol–water partition coefficient (Wildman–Crippen LogP) is 4.05. The molecule has 1 aliphatic heterocycles. The van der Waals surface area contributed by atoms with Crippen molar-refractivity contribution in [3.8, 4) is 22.5 Å². The topological polar surface area (TPSA) is 93.0 Å². The molecule has 1 saturated heterocycles. The van der Waals surface area contributed by atoms with Crippen molar-refractivity contribution < 1.29 is 4.79 Å². The van der Waals surface area contributed by atoms with Crippen LogP contribution in [0.25, 0.3) is 22.5 Å². The minimum Gasteiger partial charge on any atom is -0.354 e. The molecule has 4 aromatic rings. The van der Waals surface area contributed by atoms with Gasteiger partial charge in [0.2, 0.25) is 5.91 Å². The molecule has 1 N–H and O–H groups in total. The third-order valence-corrected chi connectivity index (χ3v) is 6.72. The standard InChI is InChI=1S/C28H27ClN6O2/c29-23-10-8-21(9-11-23)24-12-14-26(32-31-24)34-17-4-7-22(19-34)28(37)30-16-18-35-27(36)15-13-25(33-35)20-5-2-1-3-6-20/h1-3,5-6,8-15,22H,4,7,16-19H2,(H,30,37). The van der Waals surface area contributed by atoms with E-state index in [1.54, 1.807) is 6.07 Å². The van der Waals surface area contributed by atoms with E-state index in [0.29, 0.717) is 24.7 Å². The number of carbonyl (C=O) groups excluding carboxylic acids is 1. The third-order valence-electron chi connectivity index (χ3n) is 6.47.